The van der Waals surface area contributed by atoms with Crippen molar-refractivity contribution in [3.8, 4) is 0 Å². The highest BCUT2D eigenvalue weighted by molar-refractivity contribution is 5.85. The molecule has 0 bridgehead atoms. The summed E-state index contributed by atoms with van der Waals surface area (Å²) < 4.78 is 5.18. The van der Waals surface area contributed by atoms with Crippen LogP contribution in [0.3, 0.4) is 0 Å². The van der Waals surface area contributed by atoms with Gasteiger partial charge in [-0.15, -0.1) is 0 Å². The molecule has 0 unspecified atom stereocenters. The molecular weight excluding hydrogens is 232 g/mol. The number of anilines is 1. The fourth-order valence-corrected chi connectivity index (χ4v) is 1.26. The van der Waals surface area contributed by atoms with Crippen molar-refractivity contribution in [3.05, 3.63) is 18.2 Å². The minimum Gasteiger partial charge on any atom is -0.444 e. The number of ether oxygens (including phenoxy) is 1. The molecule has 100 valence electrons. The lowest BCUT2D eigenvalue weighted by atomic mass is 10.2. The van der Waals surface area contributed by atoms with Crippen LogP contribution in [-0.4, -0.2) is 28.2 Å². The summed E-state index contributed by atoms with van der Waals surface area (Å²) >= 11 is 0. The zero-order valence-electron chi connectivity index (χ0n) is 11.3. The summed E-state index contributed by atoms with van der Waals surface area (Å²) in [6.07, 6.45) is 2.51. The van der Waals surface area contributed by atoms with Gasteiger partial charge in [-0.2, -0.15) is 0 Å². The summed E-state index contributed by atoms with van der Waals surface area (Å²) in [5, 5.41) is 5.79. The summed E-state index contributed by atoms with van der Waals surface area (Å²) in [5.41, 5.74) is 0.770. The normalized spacial score (nSPS) is 11.1. The molecule has 0 saturated heterocycles. The van der Waals surface area contributed by atoms with Gasteiger partial charge in [0.15, 0.2) is 0 Å². The van der Waals surface area contributed by atoms with Crippen molar-refractivity contribution in [2.75, 3.05) is 11.9 Å². The van der Waals surface area contributed by atoms with Gasteiger partial charge in [0, 0.05) is 6.54 Å². The van der Waals surface area contributed by atoms with Crippen LogP contribution in [0.4, 0.5) is 10.5 Å². The average Bonchev–Trinajstić information content (AvgIpc) is 2.25. The highest BCUT2D eigenvalue weighted by Crippen LogP contribution is 2.13. The first-order valence-corrected chi connectivity index (χ1v) is 5.92. The Balaban J connectivity index is 2.68. The van der Waals surface area contributed by atoms with E-state index in [2.05, 4.69) is 20.6 Å². The van der Waals surface area contributed by atoms with Crippen molar-refractivity contribution in [2.45, 2.75) is 39.8 Å². The maximum Gasteiger partial charge on any atom is 0.412 e. The number of carbonyl (C=O) groups is 1. The number of amides is 1. The third-order valence-electron chi connectivity index (χ3n) is 1.97. The number of hydrogen-bond acceptors (Lipinski definition) is 5. The number of aromatic nitrogens is 2. The van der Waals surface area contributed by atoms with Crippen LogP contribution >= 0.6 is 0 Å². The predicted octanol–water partition coefficient (Wildman–Crippen LogP) is 1.93. The predicted molar refractivity (Wildman–Crippen MR) is 69.3 cm³/mol. The summed E-state index contributed by atoms with van der Waals surface area (Å²) in [5.74, 6) is 0. The highest BCUT2D eigenvalue weighted by Gasteiger charge is 2.17. The van der Waals surface area contributed by atoms with E-state index in [1.165, 1.54) is 6.33 Å². The molecule has 0 spiro atoms. The summed E-state index contributed by atoms with van der Waals surface area (Å²) in [6, 6.07) is 0. The van der Waals surface area contributed by atoms with Gasteiger partial charge >= 0.3 is 6.09 Å². The molecule has 0 aliphatic rings. The zero-order valence-corrected chi connectivity index (χ0v) is 11.3. The molecule has 1 aromatic rings. The summed E-state index contributed by atoms with van der Waals surface area (Å²) in [6.45, 7) is 8.84. The van der Waals surface area contributed by atoms with E-state index < -0.39 is 11.7 Å². The second-order valence-corrected chi connectivity index (χ2v) is 4.79. The Hall–Kier alpha value is -1.69. The largest absolute Gasteiger partial charge is 0.444 e. The monoisotopic (exact) mass is 252 g/mol. The van der Waals surface area contributed by atoms with Gasteiger partial charge in [0.1, 0.15) is 11.9 Å². The van der Waals surface area contributed by atoms with E-state index >= 15 is 0 Å². The molecule has 1 amide bonds. The quantitative estimate of drug-likeness (QED) is 0.856. The lowest BCUT2D eigenvalue weighted by molar-refractivity contribution is 0.0635. The van der Waals surface area contributed by atoms with Gasteiger partial charge < -0.3 is 10.1 Å². The molecule has 0 atom stereocenters. The van der Waals surface area contributed by atoms with Crippen LogP contribution < -0.4 is 10.6 Å². The standard InChI is InChI=1S/C12H20N4O2/c1-5-13-6-9-10(7-14-8-15-9)16-11(17)18-12(2,3)4/h7-8,13H,5-6H2,1-4H3,(H,16,17). The summed E-state index contributed by atoms with van der Waals surface area (Å²) in [4.78, 5) is 19.7. The van der Waals surface area contributed by atoms with Gasteiger partial charge in [0.05, 0.1) is 17.6 Å². The van der Waals surface area contributed by atoms with E-state index in [1.807, 2.05) is 27.7 Å². The van der Waals surface area contributed by atoms with E-state index in [4.69, 9.17) is 4.74 Å². The fourth-order valence-electron chi connectivity index (χ4n) is 1.26. The van der Waals surface area contributed by atoms with Gasteiger partial charge in [-0.1, -0.05) is 6.92 Å². The molecule has 6 nitrogen and oxygen atoms in total. The molecule has 0 fully saturated rings. The van der Waals surface area contributed by atoms with Crippen LogP contribution in [0, 0.1) is 0 Å². The average molecular weight is 252 g/mol. The molecule has 0 aliphatic heterocycles. The molecule has 18 heavy (non-hydrogen) atoms. The molecule has 1 aromatic heterocycles. The molecule has 0 saturated carbocycles. The van der Waals surface area contributed by atoms with Crippen molar-refractivity contribution in [2.24, 2.45) is 0 Å². The van der Waals surface area contributed by atoms with E-state index in [0.717, 1.165) is 12.2 Å². The lowest BCUT2D eigenvalue weighted by Gasteiger charge is -2.20. The maximum atomic E-state index is 11.6. The Morgan fingerprint density at radius 3 is 2.78 bits per heavy atom. The Labute approximate surface area is 107 Å². The Bertz CT molecular complexity index is 401. The van der Waals surface area contributed by atoms with E-state index in [-0.39, 0.29) is 0 Å². The van der Waals surface area contributed by atoms with Gasteiger partial charge in [-0.3, -0.25) is 5.32 Å². The van der Waals surface area contributed by atoms with Crippen molar-refractivity contribution in [1.82, 2.24) is 15.3 Å². The third-order valence-corrected chi connectivity index (χ3v) is 1.97. The van der Waals surface area contributed by atoms with Gasteiger partial charge in [-0.25, -0.2) is 14.8 Å². The molecule has 0 aliphatic carbocycles. The number of hydrogen-bond donors (Lipinski definition) is 2. The van der Waals surface area contributed by atoms with Crippen molar-refractivity contribution >= 4 is 11.8 Å². The molecule has 1 rings (SSSR count). The van der Waals surface area contributed by atoms with Crippen LogP contribution in [0.2, 0.25) is 0 Å². The van der Waals surface area contributed by atoms with E-state index in [1.54, 1.807) is 6.20 Å². The second-order valence-electron chi connectivity index (χ2n) is 4.79. The van der Waals surface area contributed by atoms with E-state index in [9.17, 15) is 4.79 Å². The minimum absolute atomic E-state index is 0.505. The van der Waals surface area contributed by atoms with Gasteiger partial charge in [0.25, 0.3) is 0 Å². The van der Waals surface area contributed by atoms with Crippen LogP contribution in [0.5, 0.6) is 0 Å². The van der Waals surface area contributed by atoms with E-state index in [0.29, 0.717) is 12.2 Å². The number of nitrogens with zero attached hydrogens (tertiary/aromatic N) is 2. The number of carbonyl (C=O) groups excluding carboxylic acids is 1. The topological polar surface area (TPSA) is 76.1 Å². The smallest absolute Gasteiger partial charge is 0.412 e. The first kappa shape index (κ1) is 14.4. The van der Waals surface area contributed by atoms with Crippen molar-refractivity contribution < 1.29 is 9.53 Å². The first-order valence-electron chi connectivity index (χ1n) is 5.92. The Morgan fingerprint density at radius 2 is 2.17 bits per heavy atom. The van der Waals surface area contributed by atoms with Crippen molar-refractivity contribution in [3.63, 3.8) is 0 Å². The Morgan fingerprint density at radius 1 is 1.44 bits per heavy atom. The summed E-state index contributed by atoms with van der Waals surface area (Å²) in [7, 11) is 0. The fraction of sp³-hybridized carbons (Fsp3) is 0.583. The third kappa shape index (κ3) is 5.09. The highest BCUT2D eigenvalue weighted by atomic mass is 16.6. The minimum atomic E-state index is -0.526. The second kappa shape index (κ2) is 6.30. The zero-order chi connectivity index (χ0) is 13.6. The van der Waals surface area contributed by atoms with Gasteiger partial charge in [-0.05, 0) is 27.3 Å². The molecular formula is C12H20N4O2. The van der Waals surface area contributed by atoms with Crippen LogP contribution in [-0.2, 0) is 11.3 Å². The first-order chi connectivity index (χ1) is 8.42. The maximum absolute atomic E-state index is 11.6. The molecule has 0 aromatic carbocycles. The van der Waals surface area contributed by atoms with Crippen LogP contribution in [0.1, 0.15) is 33.4 Å². The Kier molecular flexibility index (Phi) is 5.03. The number of nitrogens with one attached hydrogen (secondary N) is 2. The van der Waals surface area contributed by atoms with Crippen molar-refractivity contribution in [1.29, 1.82) is 0 Å². The number of rotatable bonds is 4. The lowest BCUT2D eigenvalue weighted by Crippen LogP contribution is -2.28. The van der Waals surface area contributed by atoms with Gasteiger partial charge in [0.2, 0.25) is 0 Å². The van der Waals surface area contributed by atoms with Crippen LogP contribution in [0.25, 0.3) is 0 Å². The molecule has 1 heterocycles. The molecule has 2 N–H and O–H groups in total. The molecule has 0 radical (unpaired) electrons. The molecule has 6 heteroatoms. The SMILES string of the molecule is CCNCc1ncncc1NC(=O)OC(C)(C)C. The van der Waals surface area contributed by atoms with Crippen LogP contribution in [0.15, 0.2) is 12.5 Å².